The summed E-state index contributed by atoms with van der Waals surface area (Å²) in [5, 5.41) is 0. The molecule has 0 rings (SSSR count). The summed E-state index contributed by atoms with van der Waals surface area (Å²) in [6, 6.07) is 0. The molecule has 6 heteroatoms. The van der Waals surface area contributed by atoms with Gasteiger partial charge in [-0.3, -0.25) is 14.4 Å². The Balaban J connectivity index is 4.28. The quantitative estimate of drug-likeness (QED) is 0.0261. The summed E-state index contributed by atoms with van der Waals surface area (Å²) in [5.74, 6) is -0.885. The Labute approximate surface area is 435 Å². The van der Waals surface area contributed by atoms with E-state index in [4.69, 9.17) is 14.2 Å². The van der Waals surface area contributed by atoms with E-state index in [1.165, 1.54) is 193 Å². The standard InChI is InChI=1S/C64H116O6/c1-4-7-10-13-16-19-22-24-26-28-30-31-32-34-35-37-39-42-45-48-51-54-57-63(66)69-60-61(59-68-62(65)56-53-50-47-44-41-21-18-15-12-9-6-3)70-64(67)58-55-52-49-46-43-40-38-36-33-29-27-25-23-20-17-14-11-8-5-2/h15,17-18,20,25,27,33,36,61H,4-14,16,19,21-24,26,28-32,34-35,37-60H2,1-3H3/b18-15-,20-17-,27-25-,36-33-. The Kier molecular flexibility index (Phi) is 56.7. The second-order valence-electron chi connectivity index (χ2n) is 20.6. The van der Waals surface area contributed by atoms with Gasteiger partial charge in [0.2, 0.25) is 0 Å². The highest BCUT2D eigenvalue weighted by Crippen LogP contribution is 2.17. The van der Waals surface area contributed by atoms with Gasteiger partial charge in [0.1, 0.15) is 13.2 Å². The summed E-state index contributed by atoms with van der Waals surface area (Å²) in [5.41, 5.74) is 0. The highest BCUT2D eigenvalue weighted by molar-refractivity contribution is 5.71. The molecule has 0 N–H and O–H groups in total. The molecular formula is C64H116O6. The van der Waals surface area contributed by atoms with Crippen molar-refractivity contribution in [1.82, 2.24) is 0 Å². The fourth-order valence-corrected chi connectivity index (χ4v) is 8.90. The van der Waals surface area contributed by atoms with Crippen LogP contribution in [0.3, 0.4) is 0 Å². The largest absolute Gasteiger partial charge is 0.462 e. The van der Waals surface area contributed by atoms with Gasteiger partial charge in [0.25, 0.3) is 0 Å². The molecule has 0 aromatic rings. The van der Waals surface area contributed by atoms with Gasteiger partial charge >= 0.3 is 17.9 Å². The summed E-state index contributed by atoms with van der Waals surface area (Å²) in [7, 11) is 0. The smallest absolute Gasteiger partial charge is 0.306 e. The predicted molar refractivity (Wildman–Crippen MR) is 302 cm³/mol. The van der Waals surface area contributed by atoms with Crippen LogP contribution in [0, 0.1) is 0 Å². The minimum absolute atomic E-state index is 0.0781. The zero-order valence-electron chi connectivity index (χ0n) is 46.8. The number of esters is 3. The zero-order valence-corrected chi connectivity index (χ0v) is 46.8. The van der Waals surface area contributed by atoms with E-state index < -0.39 is 6.10 Å². The Morgan fingerprint density at radius 1 is 0.286 bits per heavy atom. The number of carbonyl (C=O) groups excluding carboxylic acids is 3. The molecule has 0 saturated heterocycles. The average molecular weight is 982 g/mol. The van der Waals surface area contributed by atoms with Crippen molar-refractivity contribution in [3.8, 4) is 0 Å². The lowest BCUT2D eigenvalue weighted by molar-refractivity contribution is -0.167. The molecule has 0 aliphatic heterocycles. The van der Waals surface area contributed by atoms with Gasteiger partial charge in [0, 0.05) is 19.3 Å². The molecule has 0 fully saturated rings. The first-order chi connectivity index (χ1) is 34.5. The number of hydrogen-bond acceptors (Lipinski definition) is 6. The van der Waals surface area contributed by atoms with Crippen LogP contribution in [0.25, 0.3) is 0 Å². The predicted octanol–water partition coefficient (Wildman–Crippen LogP) is 20.6. The molecule has 0 bridgehead atoms. The lowest BCUT2D eigenvalue weighted by Crippen LogP contribution is -2.30. The van der Waals surface area contributed by atoms with Crippen molar-refractivity contribution in [1.29, 1.82) is 0 Å². The third kappa shape index (κ3) is 56.3. The molecule has 0 aromatic carbocycles. The number of unbranched alkanes of at least 4 members (excludes halogenated alkanes) is 37. The maximum atomic E-state index is 12.9. The van der Waals surface area contributed by atoms with Crippen molar-refractivity contribution in [3.63, 3.8) is 0 Å². The fourth-order valence-electron chi connectivity index (χ4n) is 8.90. The van der Waals surface area contributed by atoms with Crippen molar-refractivity contribution in [2.24, 2.45) is 0 Å². The van der Waals surface area contributed by atoms with E-state index in [1.54, 1.807) is 0 Å². The van der Waals surface area contributed by atoms with E-state index in [2.05, 4.69) is 69.4 Å². The molecule has 0 aliphatic rings. The second-order valence-corrected chi connectivity index (χ2v) is 20.6. The third-order valence-corrected chi connectivity index (χ3v) is 13.6. The van der Waals surface area contributed by atoms with Gasteiger partial charge in [0.05, 0.1) is 0 Å². The molecule has 0 aromatic heterocycles. The molecule has 0 spiro atoms. The first kappa shape index (κ1) is 67.4. The summed E-state index contributed by atoms with van der Waals surface area (Å²) >= 11 is 0. The number of hydrogen-bond donors (Lipinski definition) is 0. The van der Waals surface area contributed by atoms with Crippen molar-refractivity contribution >= 4 is 17.9 Å². The Morgan fingerprint density at radius 2 is 0.529 bits per heavy atom. The van der Waals surface area contributed by atoms with Crippen LogP contribution in [0.15, 0.2) is 48.6 Å². The summed E-state index contributed by atoms with van der Waals surface area (Å²) in [4.78, 5) is 38.2. The summed E-state index contributed by atoms with van der Waals surface area (Å²) in [6.07, 6.45) is 72.6. The molecule has 0 aliphatic carbocycles. The van der Waals surface area contributed by atoms with Crippen molar-refractivity contribution in [2.45, 2.75) is 329 Å². The molecule has 1 unspecified atom stereocenters. The number of rotatable bonds is 56. The second kappa shape index (κ2) is 58.9. The molecule has 0 amide bonds. The molecule has 70 heavy (non-hydrogen) atoms. The number of allylic oxidation sites excluding steroid dienone is 8. The number of ether oxygens (including phenoxy) is 3. The Bertz CT molecular complexity index is 1220. The lowest BCUT2D eigenvalue weighted by atomic mass is 10.0. The van der Waals surface area contributed by atoms with Gasteiger partial charge in [-0.15, -0.1) is 0 Å². The molecule has 0 saturated carbocycles. The van der Waals surface area contributed by atoms with Gasteiger partial charge in [-0.05, 0) is 77.0 Å². The molecule has 408 valence electrons. The van der Waals surface area contributed by atoms with Crippen LogP contribution in [-0.2, 0) is 28.6 Å². The Morgan fingerprint density at radius 3 is 0.886 bits per heavy atom. The van der Waals surface area contributed by atoms with E-state index in [1.807, 2.05) is 0 Å². The Hall–Kier alpha value is -2.63. The van der Waals surface area contributed by atoms with E-state index >= 15 is 0 Å². The van der Waals surface area contributed by atoms with Crippen LogP contribution in [0.5, 0.6) is 0 Å². The van der Waals surface area contributed by atoms with Crippen LogP contribution >= 0.6 is 0 Å². The summed E-state index contributed by atoms with van der Waals surface area (Å²) < 4.78 is 16.9. The number of carbonyl (C=O) groups is 3. The monoisotopic (exact) mass is 981 g/mol. The van der Waals surface area contributed by atoms with Crippen LogP contribution in [0.4, 0.5) is 0 Å². The highest BCUT2D eigenvalue weighted by atomic mass is 16.6. The van der Waals surface area contributed by atoms with E-state index in [-0.39, 0.29) is 31.1 Å². The van der Waals surface area contributed by atoms with E-state index in [9.17, 15) is 14.4 Å². The topological polar surface area (TPSA) is 78.9 Å². The van der Waals surface area contributed by atoms with Crippen molar-refractivity contribution < 1.29 is 28.6 Å². The highest BCUT2D eigenvalue weighted by Gasteiger charge is 2.19. The maximum Gasteiger partial charge on any atom is 0.306 e. The maximum absolute atomic E-state index is 12.9. The van der Waals surface area contributed by atoms with Gasteiger partial charge < -0.3 is 14.2 Å². The zero-order chi connectivity index (χ0) is 50.7. The van der Waals surface area contributed by atoms with Crippen molar-refractivity contribution in [2.75, 3.05) is 13.2 Å². The first-order valence-electron chi connectivity index (χ1n) is 30.6. The van der Waals surface area contributed by atoms with Gasteiger partial charge in [-0.1, -0.05) is 275 Å². The van der Waals surface area contributed by atoms with Crippen LogP contribution < -0.4 is 0 Å². The lowest BCUT2D eigenvalue weighted by Gasteiger charge is -2.18. The van der Waals surface area contributed by atoms with Gasteiger partial charge in [-0.25, -0.2) is 0 Å². The minimum Gasteiger partial charge on any atom is -0.462 e. The summed E-state index contributed by atoms with van der Waals surface area (Å²) in [6.45, 7) is 6.60. The van der Waals surface area contributed by atoms with Gasteiger partial charge in [-0.2, -0.15) is 0 Å². The average Bonchev–Trinajstić information content (AvgIpc) is 3.36. The van der Waals surface area contributed by atoms with Crippen molar-refractivity contribution in [3.05, 3.63) is 48.6 Å². The SMILES string of the molecule is CCCC/C=C\CCCCCCCC(=O)OCC(COC(=O)CCCCCCCCCCCCCCCCCCCCCCCC)OC(=O)CCCCCCCC/C=C\C/C=C\C/C=C\CCCCC. The minimum atomic E-state index is -0.781. The van der Waals surface area contributed by atoms with Crippen LogP contribution in [0.1, 0.15) is 323 Å². The molecule has 6 nitrogen and oxygen atoms in total. The van der Waals surface area contributed by atoms with E-state index in [0.29, 0.717) is 19.3 Å². The fraction of sp³-hybridized carbons (Fsp3) is 0.828. The molecule has 0 heterocycles. The normalized spacial score (nSPS) is 12.3. The van der Waals surface area contributed by atoms with Crippen LogP contribution in [-0.4, -0.2) is 37.2 Å². The van der Waals surface area contributed by atoms with E-state index in [0.717, 1.165) is 89.9 Å². The molecule has 1 atom stereocenters. The van der Waals surface area contributed by atoms with Crippen LogP contribution in [0.2, 0.25) is 0 Å². The third-order valence-electron chi connectivity index (χ3n) is 13.6. The van der Waals surface area contributed by atoms with Gasteiger partial charge in [0.15, 0.2) is 6.10 Å². The molecular weight excluding hydrogens is 865 g/mol. The first-order valence-corrected chi connectivity index (χ1v) is 30.6. The molecule has 0 radical (unpaired) electrons.